The van der Waals surface area contributed by atoms with E-state index < -0.39 is 0 Å². The Balaban J connectivity index is 2.33. The van der Waals surface area contributed by atoms with Crippen molar-refractivity contribution in [1.82, 2.24) is 0 Å². The molecule has 1 aromatic carbocycles. The van der Waals surface area contributed by atoms with Gasteiger partial charge in [0.25, 0.3) is 0 Å². The van der Waals surface area contributed by atoms with Crippen molar-refractivity contribution in [3.8, 4) is 0 Å². The second kappa shape index (κ2) is 9.26. The number of carbonyl (C=O) groups is 1. The van der Waals surface area contributed by atoms with Gasteiger partial charge in [-0.05, 0) is 36.8 Å². The van der Waals surface area contributed by atoms with E-state index in [-0.39, 0.29) is 18.1 Å². The van der Waals surface area contributed by atoms with Crippen LogP contribution in [0.2, 0.25) is 0 Å². The zero-order chi connectivity index (χ0) is 16.7. The Morgan fingerprint density at radius 2 is 1.74 bits per heavy atom. The summed E-state index contributed by atoms with van der Waals surface area (Å²) in [4.78, 5) is 14.2. The van der Waals surface area contributed by atoms with Crippen LogP contribution in [0.5, 0.6) is 0 Å². The van der Waals surface area contributed by atoms with E-state index in [0.29, 0.717) is 19.8 Å². The highest BCUT2D eigenvalue weighted by Crippen LogP contribution is 2.28. The van der Waals surface area contributed by atoms with Gasteiger partial charge in [0.2, 0.25) is 5.91 Å². The van der Waals surface area contributed by atoms with Gasteiger partial charge >= 0.3 is 0 Å². The van der Waals surface area contributed by atoms with Crippen LogP contribution in [-0.2, 0) is 27.1 Å². The minimum atomic E-state index is -0.390. The summed E-state index contributed by atoms with van der Waals surface area (Å²) < 4.78 is 11.5. The van der Waals surface area contributed by atoms with Crippen molar-refractivity contribution in [3.63, 3.8) is 0 Å². The Morgan fingerprint density at radius 1 is 1.17 bits per heavy atom. The summed E-state index contributed by atoms with van der Waals surface area (Å²) in [6, 6.07) is 6.18. The number of anilines is 1. The number of hydrogen-bond acceptors (Lipinski definition) is 3. The minimum absolute atomic E-state index is 0.0477. The van der Waals surface area contributed by atoms with Crippen molar-refractivity contribution in [3.05, 3.63) is 29.3 Å². The van der Waals surface area contributed by atoms with Gasteiger partial charge in [-0.1, -0.05) is 32.0 Å². The third-order valence-corrected chi connectivity index (χ3v) is 4.36. The number of para-hydroxylation sites is 1. The van der Waals surface area contributed by atoms with Crippen molar-refractivity contribution in [2.45, 2.75) is 45.8 Å². The molecule has 1 fully saturated rings. The number of halogens is 1. The van der Waals surface area contributed by atoms with Gasteiger partial charge in [-0.25, -0.2) is 0 Å². The van der Waals surface area contributed by atoms with E-state index in [9.17, 15) is 4.79 Å². The highest BCUT2D eigenvalue weighted by Gasteiger charge is 2.25. The quantitative estimate of drug-likeness (QED) is 0.744. The fraction of sp³-hybridized carbons (Fsp3) is 0.611. The van der Waals surface area contributed by atoms with Crippen molar-refractivity contribution in [1.29, 1.82) is 0 Å². The van der Waals surface area contributed by atoms with Crippen LogP contribution in [-0.4, -0.2) is 37.8 Å². The number of carbonyl (C=O) groups excluding carboxylic acids is 1. The lowest BCUT2D eigenvalue weighted by Crippen LogP contribution is -2.41. The molecular formula is C18H26ClNO3. The summed E-state index contributed by atoms with van der Waals surface area (Å²) in [5.74, 6) is -0.160. The summed E-state index contributed by atoms with van der Waals surface area (Å²) >= 11 is 5.86. The lowest BCUT2D eigenvalue weighted by molar-refractivity contribution is -0.128. The monoisotopic (exact) mass is 339 g/mol. The molecule has 4 nitrogen and oxygen atoms in total. The molecule has 128 valence electrons. The maximum Gasteiger partial charge on any atom is 0.242 e. The molecule has 0 saturated carbocycles. The van der Waals surface area contributed by atoms with E-state index in [1.165, 1.54) is 0 Å². The van der Waals surface area contributed by atoms with Gasteiger partial charge in [-0.15, -0.1) is 11.6 Å². The van der Waals surface area contributed by atoms with Crippen LogP contribution in [0, 0.1) is 0 Å². The third kappa shape index (κ3) is 4.69. The van der Waals surface area contributed by atoms with Crippen LogP contribution in [0.15, 0.2) is 18.2 Å². The molecule has 1 aliphatic heterocycles. The SMILES string of the molecule is CCc1cccc(CC)c1N(CC1OCCCCO1)C(=O)CCl. The number of amides is 1. The van der Waals surface area contributed by atoms with Gasteiger partial charge in [0.1, 0.15) is 5.88 Å². The summed E-state index contributed by atoms with van der Waals surface area (Å²) in [5.41, 5.74) is 3.27. The number of alkyl halides is 1. The summed E-state index contributed by atoms with van der Waals surface area (Å²) in [6.45, 7) is 5.92. The molecule has 1 amide bonds. The Morgan fingerprint density at radius 3 is 2.22 bits per heavy atom. The van der Waals surface area contributed by atoms with Crippen LogP contribution in [0.4, 0.5) is 5.69 Å². The average molecular weight is 340 g/mol. The van der Waals surface area contributed by atoms with E-state index in [1.807, 2.05) is 6.07 Å². The first kappa shape index (κ1) is 18.2. The lowest BCUT2D eigenvalue weighted by Gasteiger charge is -2.30. The van der Waals surface area contributed by atoms with Gasteiger partial charge in [0.05, 0.1) is 12.2 Å². The molecule has 0 spiro atoms. The third-order valence-electron chi connectivity index (χ3n) is 4.13. The molecule has 2 rings (SSSR count). The average Bonchev–Trinajstić information content (AvgIpc) is 2.87. The van der Waals surface area contributed by atoms with Gasteiger partial charge in [-0.3, -0.25) is 4.79 Å². The first-order valence-electron chi connectivity index (χ1n) is 8.41. The molecule has 1 aromatic rings. The Bertz CT molecular complexity index is 491. The number of hydrogen-bond donors (Lipinski definition) is 0. The molecular weight excluding hydrogens is 314 g/mol. The molecule has 1 aliphatic rings. The molecule has 1 heterocycles. The Labute approximate surface area is 143 Å². The molecule has 0 atom stereocenters. The van der Waals surface area contributed by atoms with Crippen LogP contribution in [0.25, 0.3) is 0 Å². The predicted molar refractivity (Wildman–Crippen MR) is 93.2 cm³/mol. The normalized spacial score (nSPS) is 16.1. The summed E-state index contributed by atoms with van der Waals surface area (Å²) in [6.07, 6.45) is 3.32. The first-order chi connectivity index (χ1) is 11.2. The van der Waals surface area contributed by atoms with Crippen molar-refractivity contribution < 1.29 is 14.3 Å². The fourth-order valence-electron chi connectivity index (χ4n) is 2.89. The van der Waals surface area contributed by atoms with E-state index in [0.717, 1.165) is 42.5 Å². The molecule has 1 saturated heterocycles. The zero-order valence-electron chi connectivity index (χ0n) is 14.0. The summed E-state index contributed by atoms with van der Waals surface area (Å²) in [7, 11) is 0. The van der Waals surface area contributed by atoms with Crippen molar-refractivity contribution in [2.75, 3.05) is 30.5 Å². The maximum absolute atomic E-state index is 12.5. The van der Waals surface area contributed by atoms with E-state index >= 15 is 0 Å². The van der Waals surface area contributed by atoms with E-state index in [2.05, 4.69) is 26.0 Å². The number of nitrogens with zero attached hydrogens (tertiary/aromatic N) is 1. The van der Waals surface area contributed by atoms with Gasteiger partial charge in [-0.2, -0.15) is 0 Å². The molecule has 23 heavy (non-hydrogen) atoms. The Kier molecular flexibility index (Phi) is 7.34. The van der Waals surface area contributed by atoms with Gasteiger partial charge in [0, 0.05) is 13.2 Å². The molecule has 0 radical (unpaired) electrons. The van der Waals surface area contributed by atoms with Crippen LogP contribution >= 0.6 is 11.6 Å². The van der Waals surface area contributed by atoms with Crippen LogP contribution < -0.4 is 4.90 Å². The smallest absolute Gasteiger partial charge is 0.242 e. The molecule has 0 N–H and O–H groups in total. The highest BCUT2D eigenvalue weighted by molar-refractivity contribution is 6.29. The zero-order valence-corrected chi connectivity index (χ0v) is 14.8. The lowest BCUT2D eigenvalue weighted by atomic mass is 10.0. The minimum Gasteiger partial charge on any atom is -0.351 e. The largest absolute Gasteiger partial charge is 0.351 e. The number of aryl methyl sites for hydroxylation is 2. The van der Waals surface area contributed by atoms with Crippen molar-refractivity contribution >= 4 is 23.2 Å². The van der Waals surface area contributed by atoms with E-state index in [4.69, 9.17) is 21.1 Å². The number of ether oxygens (including phenoxy) is 2. The molecule has 0 bridgehead atoms. The predicted octanol–water partition coefficient (Wildman–Crippen LogP) is 3.54. The number of benzene rings is 1. The second-order valence-corrected chi connectivity index (χ2v) is 5.92. The van der Waals surface area contributed by atoms with Crippen LogP contribution in [0.1, 0.15) is 37.8 Å². The summed E-state index contributed by atoms with van der Waals surface area (Å²) in [5, 5.41) is 0. The highest BCUT2D eigenvalue weighted by atomic mass is 35.5. The fourth-order valence-corrected chi connectivity index (χ4v) is 3.03. The topological polar surface area (TPSA) is 38.8 Å². The number of rotatable bonds is 6. The van der Waals surface area contributed by atoms with Crippen molar-refractivity contribution in [2.24, 2.45) is 0 Å². The van der Waals surface area contributed by atoms with Gasteiger partial charge in [0.15, 0.2) is 6.29 Å². The first-order valence-corrected chi connectivity index (χ1v) is 8.95. The molecule has 0 unspecified atom stereocenters. The standard InChI is InChI=1S/C18H26ClNO3/c1-3-14-8-7-9-15(4-2)18(14)20(16(21)12-19)13-17-22-10-5-6-11-23-17/h7-9,17H,3-6,10-13H2,1-2H3. The van der Waals surface area contributed by atoms with Gasteiger partial charge < -0.3 is 14.4 Å². The Hall–Kier alpha value is -1.10. The molecule has 0 aliphatic carbocycles. The molecule has 5 heteroatoms. The maximum atomic E-state index is 12.5. The van der Waals surface area contributed by atoms with E-state index in [1.54, 1.807) is 4.90 Å². The molecule has 0 aromatic heterocycles. The van der Waals surface area contributed by atoms with Crippen LogP contribution in [0.3, 0.4) is 0 Å². The second-order valence-electron chi connectivity index (χ2n) is 5.65.